The third kappa shape index (κ3) is 3.68. The zero-order valence-electron chi connectivity index (χ0n) is 13.6. The molecule has 1 fully saturated rings. The number of nitrogens with two attached hydrogens (primary N) is 1. The Kier molecular flexibility index (Phi) is 4.55. The number of amides is 1. The fourth-order valence-electron chi connectivity index (χ4n) is 3.03. The van der Waals surface area contributed by atoms with Crippen molar-refractivity contribution >= 4 is 5.91 Å². The fourth-order valence-corrected chi connectivity index (χ4v) is 3.03. The summed E-state index contributed by atoms with van der Waals surface area (Å²) in [5, 5.41) is 0. The molecule has 3 rings (SSSR count). The number of halogens is 3. The van der Waals surface area contributed by atoms with Crippen LogP contribution >= 0.6 is 0 Å². The van der Waals surface area contributed by atoms with E-state index in [0.29, 0.717) is 23.6 Å². The van der Waals surface area contributed by atoms with Gasteiger partial charge in [-0.2, -0.15) is 13.2 Å². The van der Waals surface area contributed by atoms with Crippen molar-refractivity contribution in [3.63, 3.8) is 0 Å². The molecule has 25 heavy (non-hydrogen) atoms. The molecule has 8 heteroatoms. The number of alkyl halides is 3. The Balaban J connectivity index is 1.79. The van der Waals surface area contributed by atoms with Crippen LogP contribution < -0.4 is 5.73 Å². The average molecular weight is 353 g/mol. The lowest BCUT2D eigenvalue weighted by molar-refractivity contribution is -0.137. The van der Waals surface area contributed by atoms with Crippen LogP contribution in [0.5, 0.6) is 0 Å². The van der Waals surface area contributed by atoms with Gasteiger partial charge in [-0.1, -0.05) is 0 Å². The van der Waals surface area contributed by atoms with Crippen molar-refractivity contribution in [2.75, 3.05) is 6.54 Å². The first-order chi connectivity index (χ1) is 11.8. The molecule has 2 aromatic rings. The summed E-state index contributed by atoms with van der Waals surface area (Å²) in [4.78, 5) is 17.8. The van der Waals surface area contributed by atoms with Gasteiger partial charge < -0.3 is 10.2 Å². The molecule has 1 aromatic heterocycles. The third-order valence-corrected chi connectivity index (χ3v) is 4.40. The summed E-state index contributed by atoms with van der Waals surface area (Å²) in [6.45, 7) is 2.91. The number of oxazole rings is 1. The van der Waals surface area contributed by atoms with Crippen LogP contribution in [0.25, 0.3) is 11.5 Å². The number of benzene rings is 1. The molecule has 0 bridgehead atoms. The van der Waals surface area contributed by atoms with Crippen molar-refractivity contribution in [2.45, 2.75) is 38.5 Å². The Morgan fingerprint density at radius 3 is 2.64 bits per heavy atom. The van der Waals surface area contributed by atoms with Gasteiger partial charge in [0.2, 0.25) is 11.8 Å². The van der Waals surface area contributed by atoms with Gasteiger partial charge >= 0.3 is 6.18 Å². The van der Waals surface area contributed by atoms with Gasteiger partial charge in [-0.25, -0.2) is 4.98 Å². The summed E-state index contributed by atoms with van der Waals surface area (Å²) in [6.07, 6.45) is -2.77. The number of carbonyl (C=O) groups excluding carboxylic acids is 1. The van der Waals surface area contributed by atoms with Crippen molar-refractivity contribution < 1.29 is 22.4 Å². The van der Waals surface area contributed by atoms with E-state index in [4.69, 9.17) is 10.2 Å². The second-order valence-corrected chi connectivity index (χ2v) is 6.13. The molecule has 0 radical (unpaired) electrons. The normalized spacial score (nSPS) is 18.6. The topological polar surface area (TPSA) is 72.4 Å². The Hall–Kier alpha value is -2.35. The number of carbonyl (C=O) groups is 1. The Bertz CT molecular complexity index is 768. The van der Waals surface area contributed by atoms with Gasteiger partial charge in [0.05, 0.1) is 17.3 Å². The van der Waals surface area contributed by atoms with Gasteiger partial charge in [0.15, 0.2) is 0 Å². The van der Waals surface area contributed by atoms with Crippen molar-refractivity contribution in [1.82, 2.24) is 9.88 Å². The number of likely N-dealkylation sites (tertiary alicyclic amines) is 1. The summed E-state index contributed by atoms with van der Waals surface area (Å²) in [5.41, 5.74) is 5.81. The van der Waals surface area contributed by atoms with Crippen LogP contribution in [-0.2, 0) is 17.5 Å². The number of aromatic nitrogens is 1. The molecular formula is C17H18F3N3O2. The van der Waals surface area contributed by atoms with E-state index < -0.39 is 11.7 Å². The first kappa shape index (κ1) is 17.5. The van der Waals surface area contributed by atoms with Crippen LogP contribution in [0.2, 0.25) is 0 Å². The van der Waals surface area contributed by atoms with E-state index >= 15 is 0 Å². The average Bonchev–Trinajstić information content (AvgIpc) is 3.14. The van der Waals surface area contributed by atoms with Gasteiger partial charge in [0.25, 0.3) is 0 Å². The first-order valence-corrected chi connectivity index (χ1v) is 7.93. The van der Waals surface area contributed by atoms with E-state index in [1.54, 1.807) is 6.92 Å². The number of hydrogen-bond donors (Lipinski definition) is 1. The highest BCUT2D eigenvalue weighted by Gasteiger charge is 2.31. The van der Waals surface area contributed by atoms with Gasteiger partial charge in [-0.3, -0.25) is 9.69 Å². The predicted octanol–water partition coefficient (Wildman–Crippen LogP) is 3.12. The van der Waals surface area contributed by atoms with Crippen LogP contribution in [0.3, 0.4) is 0 Å². The highest BCUT2D eigenvalue weighted by atomic mass is 19.4. The van der Waals surface area contributed by atoms with E-state index in [1.807, 2.05) is 4.90 Å². The summed E-state index contributed by atoms with van der Waals surface area (Å²) >= 11 is 0. The van der Waals surface area contributed by atoms with Crippen LogP contribution in [0.15, 0.2) is 28.7 Å². The van der Waals surface area contributed by atoms with E-state index in [9.17, 15) is 18.0 Å². The lowest BCUT2D eigenvalue weighted by atomic mass is 10.1. The minimum atomic E-state index is -4.38. The Morgan fingerprint density at radius 1 is 1.36 bits per heavy atom. The van der Waals surface area contributed by atoms with E-state index in [1.165, 1.54) is 12.1 Å². The molecule has 5 nitrogen and oxygen atoms in total. The molecule has 2 heterocycles. The quantitative estimate of drug-likeness (QED) is 0.917. The number of aryl methyl sites for hydroxylation is 1. The van der Waals surface area contributed by atoms with Gasteiger partial charge in [0, 0.05) is 12.1 Å². The zero-order chi connectivity index (χ0) is 18.2. The second-order valence-electron chi connectivity index (χ2n) is 6.13. The Morgan fingerprint density at radius 2 is 2.04 bits per heavy atom. The molecule has 134 valence electrons. The fraction of sp³-hybridized carbons (Fsp3) is 0.412. The molecule has 1 atom stereocenters. The minimum Gasteiger partial charge on any atom is -0.441 e. The lowest BCUT2D eigenvalue weighted by Crippen LogP contribution is -2.39. The van der Waals surface area contributed by atoms with Crippen molar-refractivity contribution in [3.8, 4) is 11.5 Å². The van der Waals surface area contributed by atoms with Gasteiger partial charge in [-0.15, -0.1) is 0 Å². The van der Waals surface area contributed by atoms with Crippen LogP contribution in [-0.4, -0.2) is 28.4 Å². The molecule has 0 saturated carbocycles. The smallest absolute Gasteiger partial charge is 0.416 e. The standard InChI is InChI=1S/C17H18F3N3O2/c1-10-13(9-23-8-2-3-14(23)15(21)24)22-16(25-10)11-4-6-12(7-5-11)17(18,19)20/h4-7,14H,2-3,8-9H2,1H3,(H2,21,24)/t14-/m0/s1. The number of rotatable bonds is 4. The monoisotopic (exact) mass is 353 g/mol. The van der Waals surface area contributed by atoms with Gasteiger partial charge in [0.1, 0.15) is 5.76 Å². The van der Waals surface area contributed by atoms with E-state index in [0.717, 1.165) is 31.5 Å². The van der Waals surface area contributed by atoms with E-state index in [2.05, 4.69) is 4.98 Å². The largest absolute Gasteiger partial charge is 0.441 e. The first-order valence-electron chi connectivity index (χ1n) is 7.93. The zero-order valence-corrected chi connectivity index (χ0v) is 13.6. The number of nitrogens with zero attached hydrogens (tertiary/aromatic N) is 2. The predicted molar refractivity (Wildman–Crippen MR) is 84.3 cm³/mol. The summed E-state index contributed by atoms with van der Waals surface area (Å²) in [5.74, 6) is 0.475. The summed E-state index contributed by atoms with van der Waals surface area (Å²) in [6, 6.07) is 4.35. The highest BCUT2D eigenvalue weighted by Crippen LogP contribution is 2.31. The van der Waals surface area contributed by atoms with Crippen LogP contribution in [0.1, 0.15) is 29.9 Å². The Labute approximate surface area is 142 Å². The van der Waals surface area contributed by atoms with Crippen molar-refractivity contribution in [2.24, 2.45) is 5.73 Å². The van der Waals surface area contributed by atoms with Crippen LogP contribution in [0, 0.1) is 6.92 Å². The second kappa shape index (κ2) is 6.51. The molecule has 0 aliphatic carbocycles. The van der Waals surface area contributed by atoms with Crippen molar-refractivity contribution in [3.05, 3.63) is 41.3 Å². The SMILES string of the molecule is Cc1oc(-c2ccc(C(F)(F)F)cc2)nc1CN1CCC[C@H]1C(N)=O. The molecule has 1 aliphatic heterocycles. The van der Waals surface area contributed by atoms with Crippen molar-refractivity contribution in [1.29, 1.82) is 0 Å². The van der Waals surface area contributed by atoms with Crippen LogP contribution in [0.4, 0.5) is 13.2 Å². The third-order valence-electron chi connectivity index (χ3n) is 4.40. The molecule has 1 aliphatic rings. The molecule has 1 saturated heterocycles. The van der Waals surface area contributed by atoms with E-state index in [-0.39, 0.29) is 17.8 Å². The lowest BCUT2D eigenvalue weighted by Gasteiger charge is -2.20. The maximum absolute atomic E-state index is 12.6. The summed E-state index contributed by atoms with van der Waals surface area (Å²) in [7, 11) is 0. The van der Waals surface area contributed by atoms with Gasteiger partial charge in [-0.05, 0) is 50.6 Å². The molecule has 1 amide bonds. The minimum absolute atomic E-state index is 0.260. The molecular weight excluding hydrogens is 335 g/mol. The number of hydrogen-bond acceptors (Lipinski definition) is 4. The maximum Gasteiger partial charge on any atom is 0.416 e. The molecule has 2 N–H and O–H groups in total. The molecule has 0 spiro atoms. The molecule has 0 unspecified atom stereocenters. The summed E-state index contributed by atoms with van der Waals surface area (Å²) < 4.78 is 43.5. The maximum atomic E-state index is 12.6. The molecule has 1 aromatic carbocycles. The number of primary amides is 1. The highest BCUT2D eigenvalue weighted by molar-refractivity contribution is 5.80.